The highest BCUT2D eigenvalue weighted by atomic mass is 16.6. The normalized spacial score (nSPS) is 24.0. The van der Waals surface area contributed by atoms with Gasteiger partial charge < -0.3 is 34.1 Å². The third-order valence-corrected chi connectivity index (χ3v) is 10.6. The minimum Gasteiger partial charge on any atom is -0.494 e. The average Bonchev–Trinajstić information content (AvgIpc) is 3.42. The summed E-state index contributed by atoms with van der Waals surface area (Å²) in [5.41, 5.74) is 4.04. The number of carbonyl (C=O) groups is 2. The van der Waals surface area contributed by atoms with E-state index in [-0.39, 0.29) is 23.9 Å². The summed E-state index contributed by atoms with van der Waals surface area (Å²) < 4.78 is 16.4. The van der Waals surface area contributed by atoms with Crippen molar-refractivity contribution in [2.45, 2.75) is 83.6 Å². The second kappa shape index (κ2) is 11.6. The second-order valence-electron chi connectivity index (χ2n) is 15.1. The maximum Gasteiger partial charge on any atom is 0.407 e. The van der Waals surface area contributed by atoms with Gasteiger partial charge >= 0.3 is 6.09 Å². The summed E-state index contributed by atoms with van der Waals surface area (Å²) in [6, 6.07) is 14.5. The van der Waals surface area contributed by atoms with Crippen LogP contribution in [0.2, 0.25) is 0 Å². The molecule has 2 bridgehead atoms. The maximum atomic E-state index is 14.2. The second-order valence-corrected chi connectivity index (χ2v) is 15.1. The number of para-hydroxylation sites is 1. The molecule has 0 radical (unpaired) electrons. The maximum absolute atomic E-state index is 14.2. The highest BCUT2D eigenvalue weighted by Gasteiger charge is 2.50. The molecular formula is C37H46N6O4. The van der Waals surface area contributed by atoms with E-state index in [0.717, 1.165) is 68.0 Å². The molecule has 2 saturated heterocycles. The lowest BCUT2D eigenvalue weighted by atomic mass is 10.1. The van der Waals surface area contributed by atoms with Gasteiger partial charge in [0.1, 0.15) is 16.9 Å². The van der Waals surface area contributed by atoms with Crippen LogP contribution in [0.3, 0.4) is 0 Å². The molecule has 2 aliphatic carbocycles. The summed E-state index contributed by atoms with van der Waals surface area (Å²) in [5.74, 6) is 2.92. The lowest BCUT2D eigenvalue weighted by Gasteiger charge is -2.28. The Morgan fingerprint density at radius 3 is 2.55 bits per heavy atom. The van der Waals surface area contributed by atoms with Crippen LogP contribution in [0.5, 0.6) is 5.75 Å². The summed E-state index contributed by atoms with van der Waals surface area (Å²) >= 11 is 0. The minimum atomic E-state index is -0.577. The van der Waals surface area contributed by atoms with E-state index >= 15 is 0 Å². The molecule has 2 aromatic carbocycles. The molecule has 248 valence electrons. The Morgan fingerprint density at radius 1 is 1.00 bits per heavy atom. The number of methoxy groups -OCH3 is 1. The van der Waals surface area contributed by atoms with Crippen molar-refractivity contribution in [3.63, 3.8) is 0 Å². The summed E-state index contributed by atoms with van der Waals surface area (Å²) in [6.07, 6.45) is 5.06. The molecule has 0 unspecified atom stereocenters. The number of amides is 2. The van der Waals surface area contributed by atoms with Gasteiger partial charge in [0.25, 0.3) is 5.91 Å². The number of benzene rings is 2. The van der Waals surface area contributed by atoms with E-state index in [4.69, 9.17) is 14.5 Å². The number of fused-ring (bicyclic) bond motifs is 4. The summed E-state index contributed by atoms with van der Waals surface area (Å²) in [5, 5.41) is 7.82. The van der Waals surface area contributed by atoms with Crippen molar-refractivity contribution in [1.82, 2.24) is 29.7 Å². The first-order valence-corrected chi connectivity index (χ1v) is 17.3. The van der Waals surface area contributed by atoms with E-state index in [1.165, 1.54) is 23.7 Å². The number of hydrogen-bond acceptors (Lipinski definition) is 6. The third-order valence-electron chi connectivity index (χ3n) is 10.6. The number of piperidine rings is 1. The number of alkyl carbamates (subject to hydrolysis) is 1. The van der Waals surface area contributed by atoms with Crippen LogP contribution in [0.25, 0.3) is 33.5 Å². The number of carbonyl (C=O) groups excluding carboxylic acids is 2. The first-order chi connectivity index (χ1) is 22.7. The molecule has 2 N–H and O–H groups in total. The Labute approximate surface area is 275 Å². The first kappa shape index (κ1) is 30.3. The molecule has 2 amide bonds. The van der Waals surface area contributed by atoms with Gasteiger partial charge in [-0.3, -0.25) is 4.79 Å². The smallest absolute Gasteiger partial charge is 0.407 e. The van der Waals surface area contributed by atoms with Crippen LogP contribution >= 0.6 is 0 Å². The highest BCUT2D eigenvalue weighted by Crippen LogP contribution is 2.41. The van der Waals surface area contributed by atoms with Crippen molar-refractivity contribution in [3.05, 3.63) is 48.0 Å². The van der Waals surface area contributed by atoms with Gasteiger partial charge in [-0.25, -0.2) is 9.78 Å². The fourth-order valence-corrected chi connectivity index (χ4v) is 8.22. The number of ether oxygens (including phenoxy) is 2. The van der Waals surface area contributed by atoms with Crippen LogP contribution < -0.4 is 15.4 Å². The molecule has 4 aromatic rings. The molecule has 2 aromatic heterocycles. The quantitative estimate of drug-likeness (QED) is 0.253. The number of hydrogen-bond donors (Lipinski definition) is 2. The van der Waals surface area contributed by atoms with E-state index in [1.54, 1.807) is 7.11 Å². The number of likely N-dealkylation sites (tertiary alicyclic amines) is 1. The predicted molar refractivity (Wildman–Crippen MR) is 182 cm³/mol. The Kier molecular flexibility index (Phi) is 7.46. The van der Waals surface area contributed by atoms with E-state index in [1.807, 2.05) is 37.8 Å². The van der Waals surface area contributed by atoms with Crippen LogP contribution in [-0.2, 0) is 17.8 Å². The largest absolute Gasteiger partial charge is 0.494 e. The predicted octanol–water partition coefficient (Wildman–Crippen LogP) is 5.81. The monoisotopic (exact) mass is 638 g/mol. The molecule has 0 spiro atoms. The molecule has 4 atom stereocenters. The average molecular weight is 639 g/mol. The molecule has 4 aliphatic rings. The topological polar surface area (TPSA) is 103 Å². The Morgan fingerprint density at radius 2 is 1.81 bits per heavy atom. The number of aromatic nitrogens is 3. The van der Waals surface area contributed by atoms with Crippen molar-refractivity contribution >= 4 is 33.9 Å². The van der Waals surface area contributed by atoms with E-state index < -0.39 is 11.7 Å². The van der Waals surface area contributed by atoms with Crippen LogP contribution in [0.4, 0.5) is 4.79 Å². The standard InChI is InChI=1S/C37H46N6O4/c1-37(2,3)47-36(45)40-32-25-11-12-29(32)42(21-25)35(44)26-15-27-33(31(17-26)46-4)43(20-23-13-14-38-18-23)34(39-27)30-16-24-7-5-6-8-28(24)41(30)19-22-9-10-22/h5-8,15-17,22-23,25,29,32,38H,9-14,18-21H2,1-4H3,(H,40,45)/t23-,25+,29+,32+/m0/s1. The Bertz CT molecular complexity index is 1840. The molecule has 10 heteroatoms. The molecule has 4 fully saturated rings. The molecule has 4 heterocycles. The van der Waals surface area contributed by atoms with Gasteiger partial charge in [-0.05, 0) is 108 Å². The molecule has 10 nitrogen and oxygen atoms in total. The molecular weight excluding hydrogens is 592 g/mol. The van der Waals surface area contributed by atoms with Crippen molar-refractivity contribution in [2.24, 2.45) is 17.8 Å². The van der Waals surface area contributed by atoms with Crippen molar-refractivity contribution in [3.8, 4) is 17.3 Å². The molecule has 2 saturated carbocycles. The summed E-state index contributed by atoms with van der Waals surface area (Å²) in [6.45, 7) is 9.98. The first-order valence-electron chi connectivity index (χ1n) is 17.3. The van der Waals surface area contributed by atoms with Crippen molar-refractivity contribution in [2.75, 3.05) is 26.7 Å². The van der Waals surface area contributed by atoms with E-state index in [0.29, 0.717) is 29.7 Å². The molecule has 47 heavy (non-hydrogen) atoms. The summed E-state index contributed by atoms with van der Waals surface area (Å²) in [7, 11) is 1.68. The van der Waals surface area contributed by atoms with Crippen LogP contribution in [-0.4, -0.2) is 75.4 Å². The molecule has 8 rings (SSSR count). The number of nitrogens with one attached hydrogen (secondary N) is 2. The van der Waals surface area contributed by atoms with Gasteiger partial charge in [0.15, 0.2) is 5.82 Å². The van der Waals surface area contributed by atoms with Crippen molar-refractivity contribution in [1.29, 1.82) is 0 Å². The van der Waals surface area contributed by atoms with E-state index in [9.17, 15) is 9.59 Å². The van der Waals surface area contributed by atoms with Crippen molar-refractivity contribution < 1.29 is 19.1 Å². The number of rotatable bonds is 8. The molecule has 2 aliphatic heterocycles. The zero-order valence-corrected chi connectivity index (χ0v) is 27.9. The van der Waals surface area contributed by atoms with Crippen LogP contribution in [0, 0.1) is 17.8 Å². The van der Waals surface area contributed by atoms with Gasteiger partial charge in [0.05, 0.1) is 30.4 Å². The van der Waals surface area contributed by atoms with Crippen LogP contribution in [0.1, 0.15) is 63.2 Å². The van der Waals surface area contributed by atoms with Crippen LogP contribution in [0.15, 0.2) is 42.5 Å². The third kappa shape index (κ3) is 5.64. The van der Waals surface area contributed by atoms with Gasteiger partial charge in [-0.1, -0.05) is 18.2 Å². The zero-order valence-electron chi connectivity index (χ0n) is 27.9. The van der Waals surface area contributed by atoms with Gasteiger partial charge in [0, 0.05) is 36.1 Å². The van der Waals surface area contributed by atoms with E-state index in [2.05, 4.69) is 50.1 Å². The fourth-order valence-electron chi connectivity index (χ4n) is 8.22. The number of nitrogens with zero attached hydrogens (tertiary/aromatic N) is 4. The minimum absolute atomic E-state index is 0.0488. The Hall–Kier alpha value is -4.05. The SMILES string of the molecule is COc1cc(C(=O)N2C[C@H]3CC[C@@H]2[C@@H]3NC(=O)OC(C)(C)C)cc2nc(-c3cc4ccccc4n3CC3CC3)n(C[C@H]3CCNC3)c12. The number of imidazole rings is 1. The van der Waals surface area contributed by atoms with Gasteiger partial charge in [-0.15, -0.1) is 0 Å². The van der Waals surface area contributed by atoms with Gasteiger partial charge in [0.2, 0.25) is 0 Å². The zero-order chi connectivity index (χ0) is 32.4. The highest BCUT2D eigenvalue weighted by molar-refractivity contribution is 6.00. The lowest BCUT2D eigenvalue weighted by Crippen LogP contribution is -2.46. The van der Waals surface area contributed by atoms with Gasteiger partial charge in [-0.2, -0.15) is 0 Å². The fraction of sp³-hybridized carbons (Fsp3) is 0.541. The Balaban J connectivity index is 1.18. The summed E-state index contributed by atoms with van der Waals surface area (Å²) in [4.78, 5) is 34.1. The lowest BCUT2D eigenvalue weighted by molar-refractivity contribution is 0.0485.